The minimum atomic E-state index is -1.24. The monoisotopic (exact) mass is 476 g/mol. The van der Waals surface area contributed by atoms with Crippen molar-refractivity contribution in [1.82, 2.24) is 0 Å². The summed E-state index contributed by atoms with van der Waals surface area (Å²) in [4.78, 5) is 12.5. The molecule has 0 radical (unpaired) electrons. The highest BCUT2D eigenvalue weighted by atomic mass is 79.9. The van der Waals surface area contributed by atoms with Crippen molar-refractivity contribution in [1.29, 1.82) is 0 Å². The molecule has 152 valence electrons. The Balaban J connectivity index is 2.18. The minimum absolute atomic E-state index is 0.395. The van der Waals surface area contributed by atoms with Gasteiger partial charge >= 0.3 is 5.97 Å². The number of alkyl halides is 1. The van der Waals surface area contributed by atoms with Gasteiger partial charge in [0, 0.05) is 31.8 Å². The van der Waals surface area contributed by atoms with Gasteiger partial charge in [-0.1, -0.05) is 53.8 Å². The number of esters is 1. The van der Waals surface area contributed by atoms with Crippen LogP contribution in [0.2, 0.25) is 25.7 Å². The van der Waals surface area contributed by atoms with E-state index in [2.05, 4.69) is 35.6 Å². The maximum Gasteiger partial charge on any atom is 0.303 e. The molecule has 1 aliphatic heterocycles. The summed E-state index contributed by atoms with van der Waals surface area (Å²) in [5.41, 5.74) is 0. The predicted molar refractivity (Wildman–Crippen MR) is 114 cm³/mol. The van der Waals surface area contributed by atoms with Crippen molar-refractivity contribution in [2.75, 3.05) is 11.9 Å². The third kappa shape index (κ3) is 7.18. The van der Waals surface area contributed by atoms with E-state index in [1.807, 2.05) is 30.3 Å². The van der Waals surface area contributed by atoms with Crippen LogP contribution in [0.1, 0.15) is 6.92 Å². The average molecular weight is 477 g/mol. The molecule has 0 aromatic heterocycles. The fourth-order valence-electron chi connectivity index (χ4n) is 2.75. The molecule has 0 spiro atoms. The van der Waals surface area contributed by atoms with Crippen molar-refractivity contribution in [3.8, 4) is 0 Å². The number of hydrogen-bond acceptors (Lipinski definition) is 6. The Morgan fingerprint density at radius 3 is 2.52 bits per heavy atom. The van der Waals surface area contributed by atoms with E-state index in [-0.39, 0.29) is 0 Å². The van der Waals surface area contributed by atoms with Gasteiger partial charge in [-0.15, -0.1) is 11.8 Å². The Bertz CT molecular complexity index is 598. The number of carbonyl (C=O) groups is 1. The molecule has 27 heavy (non-hydrogen) atoms. The third-order valence-corrected chi connectivity index (χ3v) is 7.88. The number of benzene rings is 1. The number of carbonyl (C=O) groups excluding carboxylic acids is 1. The van der Waals surface area contributed by atoms with Crippen LogP contribution < -0.4 is 0 Å². The van der Waals surface area contributed by atoms with E-state index in [1.54, 1.807) is 0 Å². The van der Waals surface area contributed by atoms with Gasteiger partial charge in [0.15, 0.2) is 12.4 Å². The zero-order chi connectivity index (χ0) is 20.0. The zero-order valence-corrected chi connectivity index (χ0v) is 19.7. The molecular formula is C19H29BrO5SSi. The van der Waals surface area contributed by atoms with E-state index >= 15 is 0 Å². The Labute approximate surface area is 175 Å². The van der Waals surface area contributed by atoms with Gasteiger partial charge in [-0.05, 0) is 18.2 Å². The van der Waals surface area contributed by atoms with Gasteiger partial charge in [0.05, 0.1) is 5.25 Å². The molecule has 0 amide bonds. The molecule has 0 saturated carbocycles. The maximum absolute atomic E-state index is 11.5. The molecule has 1 aromatic rings. The number of halogens is 1. The van der Waals surface area contributed by atoms with Crippen LogP contribution in [0.4, 0.5) is 0 Å². The first-order valence-electron chi connectivity index (χ1n) is 9.11. The molecule has 0 bridgehead atoms. The quantitative estimate of drug-likeness (QED) is 0.348. The third-order valence-electron chi connectivity index (χ3n) is 4.22. The van der Waals surface area contributed by atoms with Crippen LogP contribution in [0, 0.1) is 0 Å². The predicted octanol–water partition coefficient (Wildman–Crippen LogP) is 3.91. The molecule has 0 aliphatic carbocycles. The second kappa shape index (κ2) is 10.4. The molecule has 1 N–H and O–H groups in total. The highest BCUT2D eigenvalue weighted by Gasteiger charge is 2.47. The number of aliphatic hydroxyl groups excluding tert-OH is 1. The highest BCUT2D eigenvalue weighted by molar-refractivity contribution is 9.09. The van der Waals surface area contributed by atoms with Crippen molar-refractivity contribution in [2.45, 2.75) is 67.4 Å². The molecule has 0 unspecified atom stereocenters. The van der Waals surface area contributed by atoms with E-state index in [4.69, 9.17) is 14.2 Å². The molecule has 1 fully saturated rings. The highest BCUT2D eigenvalue weighted by Crippen LogP contribution is 2.37. The normalized spacial score (nSPS) is 28.7. The number of thioether (sulfide) groups is 1. The lowest BCUT2D eigenvalue weighted by Gasteiger charge is -2.43. The van der Waals surface area contributed by atoms with Crippen LogP contribution in [0.5, 0.6) is 0 Å². The molecule has 5 nitrogen and oxygen atoms in total. The molecule has 1 saturated heterocycles. The molecule has 8 heteroatoms. The SMILES string of the molecule is CC(=O)O[C@H]1[C@H](O)[C@@H](Sc2ccccc2)[C@H](OCC[Si](C)(C)C)O[C@@H]1CBr. The first-order valence-corrected chi connectivity index (χ1v) is 14.8. The van der Waals surface area contributed by atoms with E-state index in [0.717, 1.165) is 10.9 Å². The van der Waals surface area contributed by atoms with Crippen LogP contribution in [0.25, 0.3) is 0 Å². The Morgan fingerprint density at radius 1 is 1.30 bits per heavy atom. The van der Waals surface area contributed by atoms with Gasteiger partial charge < -0.3 is 19.3 Å². The van der Waals surface area contributed by atoms with Crippen molar-refractivity contribution in [3.05, 3.63) is 30.3 Å². The molecule has 1 aliphatic rings. The Kier molecular flexibility index (Phi) is 8.83. The van der Waals surface area contributed by atoms with Crippen LogP contribution in [0.15, 0.2) is 35.2 Å². The summed E-state index contributed by atoms with van der Waals surface area (Å²) < 4.78 is 17.6. The molecule has 1 heterocycles. The van der Waals surface area contributed by atoms with Crippen LogP contribution in [0.3, 0.4) is 0 Å². The smallest absolute Gasteiger partial charge is 0.303 e. The first-order chi connectivity index (χ1) is 12.7. The summed E-state index contributed by atoms with van der Waals surface area (Å²) in [5.74, 6) is -0.435. The van der Waals surface area contributed by atoms with E-state index < -0.39 is 43.9 Å². The maximum atomic E-state index is 11.5. The van der Waals surface area contributed by atoms with Crippen molar-refractivity contribution >= 4 is 41.7 Å². The van der Waals surface area contributed by atoms with Crippen LogP contribution in [-0.4, -0.2) is 60.9 Å². The van der Waals surface area contributed by atoms with E-state index in [0.29, 0.717) is 11.9 Å². The largest absolute Gasteiger partial charge is 0.457 e. The van der Waals surface area contributed by atoms with Gasteiger partial charge in [-0.2, -0.15) is 0 Å². The van der Waals surface area contributed by atoms with Gasteiger partial charge in [0.25, 0.3) is 0 Å². The second-order valence-electron chi connectivity index (χ2n) is 7.84. The summed E-state index contributed by atoms with van der Waals surface area (Å²) in [6, 6.07) is 10.8. The number of aliphatic hydroxyl groups is 1. The second-order valence-corrected chi connectivity index (χ2v) is 15.4. The number of ether oxygens (including phenoxy) is 3. The summed E-state index contributed by atoms with van der Waals surface area (Å²) in [7, 11) is -1.24. The topological polar surface area (TPSA) is 65.0 Å². The fourth-order valence-corrected chi connectivity index (χ4v) is 5.18. The lowest BCUT2D eigenvalue weighted by atomic mass is 10.0. The number of rotatable bonds is 8. The minimum Gasteiger partial charge on any atom is -0.457 e. The van der Waals surface area contributed by atoms with Crippen LogP contribution >= 0.6 is 27.7 Å². The number of hydrogen-bond donors (Lipinski definition) is 1. The van der Waals surface area contributed by atoms with Crippen LogP contribution in [-0.2, 0) is 19.0 Å². The van der Waals surface area contributed by atoms with E-state index in [9.17, 15) is 9.90 Å². The van der Waals surface area contributed by atoms with Crippen molar-refractivity contribution in [2.24, 2.45) is 0 Å². The van der Waals surface area contributed by atoms with Gasteiger partial charge in [-0.25, -0.2) is 0 Å². The molecule has 5 atom stereocenters. The van der Waals surface area contributed by atoms with E-state index in [1.165, 1.54) is 18.7 Å². The molecule has 2 rings (SSSR count). The summed E-state index contributed by atoms with van der Waals surface area (Å²) in [6.07, 6.45) is -2.67. The van der Waals surface area contributed by atoms with Crippen molar-refractivity contribution < 1.29 is 24.1 Å². The van der Waals surface area contributed by atoms with Crippen molar-refractivity contribution in [3.63, 3.8) is 0 Å². The Morgan fingerprint density at radius 2 is 1.96 bits per heavy atom. The standard InChI is InChI=1S/C19H29BrO5SSi/c1-13(21)24-17-15(12-20)25-19(23-10-11-27(2,3)4)18(16(17)22)26-14-8-6-5-7-9-14/h5-9,15-19,22H,10-12H2,1-4H3/t15-,16+,17-,18-,19-/m1/s1. The van der Waals surface area contributed by atoms with Gasteiger partial charge in [-0.3, -0.25) is 4.79 Å². The lowest BCUT2D eigenvalue weighted by molar-refractivity contribution is -0.244. The Hall–Kier alpha value is -0.383. The molecular weight excluding hydrogens is 448 g/mol. The molecule has 1 aromatic carbocycles. The fraction of sp³-hybridized carbons (Fsp3) is 0.632. The summed E-state index contributed by atoms with van der Waals surface area (Å²) >= 11 is 4.89. The zero-order valence-electron chi connectivity index (χ0n) is 16.3. The lowest BCUT2D eigenvalue weighted by Crippen LogP contribution is -2.58. The first kappa shape index (κ1) is 22.9. The summed E-state index contributed by atoms with van der Waals surface area (Å²) in [6.45, 7) is 8.81. The van der Waals surface area contributed by atoms with Gasteiger partial charge in [0.1, 0.15) is 12.2 Å². The van der Waals surface area contributed by atoms with Gasteiger partial charge in [0.2, 0.25) is 0 Å². The average Bonchev–Trinajstić information content (AvgIpc) is 2.59. The summed E-state index contributed by atoms with van der Waals surface area (Å²) in [5, 5.41) is 11.0.